The van der Waals surface area contributed by atoms with Crippen molar-refractivity contribution in [3.05, 3.63) is 12.0 Å². The highest BCUT2D eigenvalue weighted by Gasteiger charge is 2.37. The number of rotatable bonds is 5. The number of nitrogens with zero attached hydrogens (tertiary/aromatic N) is 2. The number of aryl methyl sites for hydroxylation is 2. The van der Waals surface area contributed by atoms with Gasteiger partial charge < -0.3 is 10.3 Å². The van der Waals surface area contributed by atoms with E-state index in [1.807, 2.05) is 11.5 Å². The molecule has 1 aromatic rings. The van der Waals surface area contributed by atoms with E-state index >= 15 is 0 Å². The SMILES string of the molecule is CCn1cc(S(=O)(=O)NC2(CN)CCCC2)nc1C. The van der Waals surface area contributed by atoms with Crippen molar-refractivity contribution in [2.24, 2.45) is 5.73 Å². The van der Waals surface area contributed by atoms with E-state index in [9.17, 15) is 8.42 Å². The second kappa shape index (κ2) is 5.22. The maximum absolute atomic E-state index is 12.4. The van der Waals surface area contributed by atoms with Crippen LogP contribution in [0.4, 0.5) is 0 Å². The third kappa shape index (κ3) is 2.82. The highest BCUT2D eigenvalue weighted by atomic mass is 32.2. The van der Waals surface area contributed by atoms with Crippen LogP contribution in [0.15, 0.2) is 11.2 Å². The van der Waals surface area contributed by atoms with Crippen LogP contribution in [-0.4, -0.2) is 30.1 Å². The van der Waals surface area contributed by atoms with E-state index in [-0.39, 0.29) is 5.03 Å². The number of hydrogen-bond acceptors (Lipinski definition) is 4. The Kier molecular flexibility index (Phi) is 3.98. The minimum Gasteiger partial charge on any atom is -0.334 e. The van der Waals surface area contributed by atoms with Crippen LogP contribution in [0.1, 0.15) is 38.4 Å². The average molecular weight is 286 g/mol. The Morgan fingerprint density at radius 1 is 1.47 bits per heavy atom. The van der Waals surface area contributed by atoms with E-state index < -0.39 is 15.6 Å². The molecule has 7 heteroatoms. The highest BCUT2D eigenvalue weighted by Crippen LogP contribution is 2.30. The van der Waals surface area contributed by atoms with Crippen molar-refractivity contribution in [1.82, 2.24) is 14.3 Å². The third-order valence-corrected chi connectivity index (χ3v) is 5.32. The van der Waals surface area contributed by atoms with Gasteiger partial charge in [0.2, 0.25) is 0 Å². The van der Waals surface area contributed by atoms with E-state index in [0.29, 0.717) is 18.9 Å². The van der Waals surface area contributed by atoms with Gasteiger partial charge in [-0.2, -0.15) is 0 Å². The van der Waals surface area contributed by atoms with E-state index in [1.165, 1.54) is 0 Å². The lowest BCUT2D eigenvalue weighted by molar-refractivity contribution is 0.399. The Morgan fingerprint density at radius 2 is 2.11 bits per heavy atom. The van der Waals surface area contributed by atoms with Gasteiger partial charge in [0.25, 0.3) is 10.0 Å². The summed E-state index contributed by atoms with van der Waals surface area (Å²) in [5.74, 6) is 0.705. The van der Waals surface area contributed by atoms with Gasteiger partial charge in [-0.15, -0.1) is 0 Å². The monoisotopic (exact) mass is 286 g/mol. The second-order valence-electron chi connectivity index (χ2n) is 5.21. The minimum atomic E-state index is -3.59. The number of nitrogens with two attached hydrogens (primary N) is 1. The van der Waals surface area contributed by atoms with Crippen LogP contribution in [0.3, 0.4) is 0 Å². The normalized spacial score (nSPS) is 18.9. The maximum atomic E-state index is 12.4. The Labute approximate surface area is 114 Å². The molecule has 0 atom stereocenters. The van der Waals surface area contributed by atoms with Crippen molar-refractivity contribution in [3.8, 4) is 0 Å². The summed E-state index contributed by atoms with van der Waals surface area (Å²) in [6.07, 6.45) is 5.22. The van der Waals surface area contributed by atoms with Crippen molar-refractivity contribution in [2.45, 2.75) is 56.6 Å². The predicted molar refractivity (Wildman–Crippen MR) is 73.2 cm³/mol. The third-order valence-electron chi connectivity index (χ3n) is 3.87. The van der Waals surface area contributed by atoms with Gasteiger partial charge in [-0.3, -0.25) is 0 Å². The number of imidazole rings is 1. The minimum absolute atomic E-state index is 0.0894. The molecule has 3 N–H and O–H groups in total. The lowest BCUT2D eigenvalue weighted by Gasteiger charge is -2.27. The van der Waals surface area contributed by atoms with Gasteiger partial charge in [0.15, 0.2) is 5.03 Å². The van der Waals surface area contributed by atoms with Crippen molar-refractivity contribution in [3.63, 3.8) is 0 Å². The fraction of sp³-hybridized carbons (Fsp3) is 0.750. The van der Waals surface area contributed by atoms with E-state index in [2.05, 4.69) is 9.71 Å². The first-order valence-corrected chi connectivity index (χ1v) is 8.18. The molecular weight excluding hydrogens is 264 g/mol. The maximum Gasteiger partial charge on any atom is 0.260 e. The van der Waals surface area contributed by atoms with E-state index in [4.69, 9.17) is 5.73 Å². The molecule has 0 amide bonds. The topological polar surface area (TPSA) is 90.0 Å². The Morgan fingerprint density at radius 3 is 2.58 bits per heavy atom. The number of hydrogen-bond donors (Lipinski definition) is 2. The Bertz CT molecular complexity index is 544. The molecule has 1 fully saturated rings. The van der Waals surface area contributed by atoms with Crippen molar-refractivity contribution >= 4 is 10.0 Å². The molecule has 19 heavy (non-hydrogen) atoms. The first-order valence-electron chi connectivity index (χ1n) is 6.70. The zero-order chi connectivity index (χ0) is 14.1. The summed E-state index contributed by atoms with van der Waals surface area (Å²) in [6.45, 7) is 4.80. The van der Waals surface area contributed by atoms with E-state index in [0.717, 1.165) is 25.7 Å². The molecule has 6 nitrogen and oxygen atoms in total. The molecule has 0 radical (unpaired) electrons. The molecule has 0 aromatic carbocycles. The predicted octanol–water partition coefficient (Wildman–Crippen LogP) is 0.761. The lowest BCUT2D eigenvalue weighted by atomic mass is 10.0. The molecule has 1 aromatic heterocycles. The summed E-state index contributed by atoms with van der Waals surface area (Å²) in [5.41, 5.74) is 5.28. The van der Waals surface area contributed by atoms with Gasteiger partial charge in [-0.1, -0.05) is 12.8 Å². The first-order chi connectivity index (χ1) is 8.92. The van der Waals surface area contributed by atoms with Crippen molar-refractivity contribution in [2.75, 3.05) is 6.54 Å². The van der Waals surface area contributed by atoms with Gasteiger partial charge in [-0.05, 0) is 26.7 Å². The summed E-state index contributed by atoms with van der Waals surface area (Å²) < 4.78 is 29.4. The molecule has 2 rings (SSSR count). The van der Waals surface area contributed by atoms with Gasteiger partial charge in [0, 0.05) is 24.8 Å². The fourth-order valence-electron chi connectivity index (χ4n) is 2.67. The molecule has 0 aliphatic heterocycles. The summed E-state index contributed by atoms with van der Waals surface area (Å²) in [7, 11) is -3.59. The molecule has 0 saturated heterocycles. The standard InChI is InChI=1S/C12H22N4O2S/c1-3-16-8-11(14-10(16)2)19(17,18)15-12(9-13)6-4-5-7-12/h8,15H,3-7,9,13H2,1-2H3. The van der Waals surface area contributed by atoms with Crippen LogP contribution >= 0.6 is 0 Å². The fourth-order valence-corrected chi connectivity index (χ4v) is 4.15. The molecule has 0 bridgehead atoms. The van der Waals surface area contributed by atoms with Crippen molar-refractivity contribution < 1.29 is 8.42 Å². The van der Waals surface area contributed by atoms with Gasteiger partial charge in [-0.25, -0.2) is 18.1 Å². The van der Waals surface area contributed by atoms with E-state index in [1.54, 1.807) is 13.1 Å². The largest absolute Gasteiger partial charge is 0.334 e. The van der Waals surface area contributed by atoms with Gasteiger partial charge in [0.05, 0.1) is 0 Å². The zero-order valence-electron chi connectivity index (χ0n) is 11.5. The smallest absolute Gasteiger partial charge is 0.260 e. The van der Waals surface area contributed by atoms with Crippen LogP contribution in [0.25, 0.3) is 0 Å². The highest BCUT2D eigenvalue weighted by molar-refractivity contribution is 7.89. The second-order valence-corrected chi connectivity index (χ2v) is 6.84. The van der Waals surface area contributed by atoms with Crippen LogP contribution in [-0.2, 0) is 16.6 Å². The van der Waals surface area contributed by atoms with Crippen LogP contribution in [0, 0.1) is 6.92 Å². The lowest BCUT2D eigenvalue weighted by Crippen LogP contribution is -2.51. The van der Waals surface area contributed by atoms with Gasteiger partial charge in [0.1, 0.15) is 5.82 Å². The van der Waals surface area contributed by atoms with Gasteiger partial charge >= 0.3 is 0 Å². The summed E-state index contributed by atoms with van der Waals surface area (Å²) in [4.78, 5) is 4.13. The summed E-state index contributed by atoms with van der Waals surface area (Å²) in [5, 5.41) is 0.0894. The van der Waals surface area contributed by atoms with Crippen molar-refractivity contribution in [1.29, 1.82) is 0 Å². The summed E-state index contributed by atoms with van der Waals surface area (Å²) >= 11 is 0. The molecule has 1 aliphatic carbocycles. The number of nitrogens with one attached hydrogen (secondary N) is 1. The molecular formula is C12H22N4O2S. The molecule has 0 spiro atoms. The molecule has 0 unspecified atom stereocenters. The molecule has 1 heterocycles. The quantitative estimate of drug-likeness (QED) is 0.836. The Hall–Kier alpha value is -0.920. The number of aromatic nitrogens is 2. The molecule has 108 valence electrons. The first kappa shape index (κ1) is 14.5. The number of sulfonamides is 1. The molecule has 1 saturated carbocycles. The van der Waals surface area contributed by atoms with Crippen LogP contribution in [0.5, 0.6) is 0 Å². The summed E-state index contributed by atoms with van der Waals surface area (Å²) in [6, 6.07) is 0. The Balaban J connectivity index is 2.26. The molecule has 1 aliphatic rings. The zero-order valence-corrected chi connectivity index (χ0v) is 12.3. The average Bonchev–Trinajstić information content (AvgIpc) is 2.96. The van der Waals surface area contributed by atoms with Crippen LogP contribution < -0.4 is 10.5 Å². The van der Waals surface area contributed by atoms with Crippen LogP contribution in [0.2, 0.25) is 0 Å².